The third-order valence-corrected chi connectivity index (χ3v) is 7.03. The molecule has 1 aliphatic heterocycles. The van der Waals surface area contributed by atoms with Crippen LogP contribution in [-0.2, 0) is 20.9 Å². The number of esters is 1. The summed E-state index contributed by atoms with van der Waals surface area (Å²) in [4.78, 5) is 44.0. The van der Waals surface area contributed by atoms with Crippen molar-refractivity contribution in [3.63, 3.8) is 0 Å². The molecule has 0 spiro atoms. The Balaban J connectivity index is 1.44. The monoisotopic (exact) mass is 494 g/mol. The fraction of sp³-hybridized carbons (Fsp3) is 0.385. The van der Waals surface area contributed by atoms with E-state index in [2.05, 4.69) is 24.1 Å². The van der Waals surface area contributed by atoms with E-state index >= 15 is 0 Å². The van der Waals surface area contributed by atoms with Gasteiger partial charge in [-0.05, 0) is 54.7 Å². The highest BCUT2D eigenvalue weighted by Crippen LogP contribution is 2.26. The molecule has 1 saturated heterocycles. The molecule has 1 aromatic heterocycles. The minimum absolute atomic E-state index is 0.0727. The number of thioether (sulfide) groups is 1. The number of methoxy groups -OCH3 is 1. The number of imidazole rings is 1. The number of aromatic nitrogens is 2. The maximum Gasteiger partial charge on any atom is 0.337 e. The number of ether oxygens (including phenoxy) is 1. The molecule has 3 aromatic rings. The number of para-hydroxylation sites is 2. The summed E-state index contributed by atoms with van der Waals surface area (Å²) in [6, 6.07) is 14.2. The topological polar surface area (TPSA) is 93.5 Å². The quantitative estimate of drug-likeness (QED) is 0.393. The number of hydrogen-bond acceptors (Lipinski definition) is 6. The molecule has 1 aliphatic rings. The highest BCUT2D eigenvalue weighted by Gasteiger charge is 2.26. The van der Waals surface area contributed by atoms with Gasteiger partial charge in [0.1, 0.15) is 6.54 Å². The molecule has 2 aromatic carbocycles. The van der Waals surface area contributed by atoms with Crippen molar-refractivity contribution in [2.45, 2.75) is 32.0 Å². The SMILES string of the molecule is COC(=O)c1ccc(NC(=O)CSc2nc3ccccc3n2CC(=O)N2CC(C)CC(C)C2)cc1. The summed E-state index contributed by atoms with van der Waals surface area (Å²) in [6.07, 6.45) is 1.14. The molecular weight excluding hydrogens is 464 g/mol. The van der Waals surface area contributed by atoms with Crippen molar-refractivity contribution in [1.29, 1.82) is 0 Å². The molecule has 2 heterocycles. The van der Waals surface area contributed by atoms with Gasteiger partial charge in [0.15, 0.2) is 5.16 Å². The van der Waals surface area contributed by atoms with Gasteiger partial charge in [0.2, 0.25) is 11.8 Å². The first-order chi connectivity index (χ1) is 16.8. The second-order valence-electron chi connectivity index (χ2n) is 9.12. The Bertz CT molecular complexity index is 1210. The summed E-state index contributed by atoms with van der Waals surface area (Å²) in [7, 11) is 1.32. The smallest absolute Gasteiger partial charge is 0.337 e. The number of anilines is 1. The van der Waals surface area contributed by atoms with Gasteiger partial charge < -0.3 is 19.5 Å². The molecule has 9 heteroatoms. The van der Waals surface area contributed by atoms with Gasteiger partial charge >= 0.3 is 5.97 Å². The van der Waals surface area contributed by atoms with Crippen molar-refractivity contribution >= 4 is 46.3 Å². The van der Waals surface area contributed by atoms with Crippen molar-refractivity contribution in [2.24, 2.45) is 11.8 Å². The van der Waals surface area contributed by atoms with Crippen LogP contribution in [0.5, 0.6) is 0 Å². The number of nitrogens with one attached hydrogen (secondary N) is 1. The van der Waals surface area contributed by atoms with Crippen LogP contribution >= 0.6 is 11.8 Å². The van der Waals surface area contributed by atoms with E-state index in [-0.39, 0.29) is 24.1 Å². The number of carbonyl (C=O) groups is 3. The average molecular weight is 495 g/mol. The van der Waals surface area contributed by atoms with E-state index in [1.54, 1.807) is 24.3 Å². The number of benzene rings is 2. The maximum atomic E-state index is 13.2. The number of carbonyl (C=O) groups excluding carboxylic acids is 3. The van der Waals surface area contributed by atoms with Gasteiger partial charge in [0.25, 0.3) is 0 Å². The summed E-state index contributed by atoms with van der Waals surface area (Å²) >= 11 is 1.30. The molecule has 8 nitrogen and oxygen atoms in total. The predicted octanol–water partition coefficient (Wildman–Crippen LogP) is 4.06. The van der Waals surface area contributed by atoms with Gasteiger partial charge in [-0.1, -0.05) is 37.7 Å². The second kappa shape index (κ2) is 10.9. The zero-order chi connectivity index (χ0) is 24.9. The number of rotatable bonds is 7. The molecule has 0 bridgehead atoms. The fourth-order valence-corrected chi connectivity index (χ4v) is 5.37. The van der Waals surface area contributed by atoms with Gasteiger partial charge in [-0.3, -0.25) is 9.59 Å². The molecule has 2 unspecified atom stereocenters. The molecule has 1 fully saturated rings. The standard InChI is InChI=1S/C26H30N4O4S/c1-17-12-18(2)14-29(13-17)24(32)15-30-22-7-5-4-6-21(22)28-26(30)35-16-23(31)27-20-10-8-19(9-11-20)25(33)34-3/h4-11,17-18H,12-16H2,1-3H3,(H,27,31). The van der Waals surface area contributed by atoms with Gasteiger partial charge in [-0.2, -0.15) is 0 Å². The van der Waals surface area contributed by atoms with Crippen LogP contribution in [0.3, 0.4) is 0 Å². The summed E-state index contributed by atoms with van der Waals surface area (Å²) < 4.78 is 6.60. The first-order valence-corrected chi connectivity index (χ1v) is 12.7. The van der Waals surface area contributed by atoms with Crippen LogP contribution in [0.2, 0.25) is 0 Å². The number of fused-ring (bicyclic) bond motifs is 1. The first-order valence-electron chi connectivity index (χ1n) is 11.7. The lowest BCUT2D eigenvalue weighted by Crippen LogP contribution is -2.44. The van der Waals surface area contributed by atoms with Gasteiger partial charge in [-0.15, -0.1) is 0 Å². The third-order valence-electron chi connectivity index (χ3n) is 6.06. The third kappa shape index (κ3) is 6.03. The molecule has 4 rings (SSSR count). The largest absolute Gasteiger partial charge is 0.465 e. The maximum absolute atomic E-state index is 13.2. The van der Waals surface area contributed by atoms with Crippen molar-refractivity contribution in [3.05, 3.63) is 54.1 Å². The van der Waals surface area contributed by atoms with Crippen LogP contribution in [0.15, 0.2) is 53.7 Å². The van der Waals surface area contributed by atoms with Crippen LogP contribution in [0.25, 0.3) is 11.0 Å². The molecule has 1 N–H and O–H groups in total. The van der Waals surface area contributed by atoms with Crippen molar-refractivity contribution in [2.75, 3.05) is 31.3 Å². The lowest BCUT2D eigenvalue weighted by molar-refractivity contribution is -0.134. The lowest BCUT2D eigenvalue weighted by atomic mass is 9.92. The summed E-state index contributed by atoms with van der Waals surface area (Å²) in [5.74, 6) is 0.546. The van der Waals surface area contributed by atoms with Crippen LogP contribution in [0.4, 0.5) is 5.69 Å². The summed E-state index contributed by atoms with van der Waals surface area (Å²) in [5.41, 5.74) is 2.67. The van der Waals surface area contributed by atoms with Gasteiger partial charge in [0, 0.05) is 18.8 Å². The Kier molecular flexibility index (Phi) is 7.75. The van der Waals surface area contributed by atoms with Crippen LogP contribution in [-0.4, -0.2) is 58.2 Å². The van der Waals surface area contributed by atoms with Crippen LogP contribution in [0.1, 0.15) is 30.6 Å². The minimum Gasteiger partial charge on any atom is -0.465 e. The van der Waals surface area contributed by atoms with E-state index in [1.807, 2.05) is 33.7 Å². The normalized spacial score (nSPS) is 17.9. The van der Waals surface area contributed by atoms with Crippen LogP contribution in [0, 0.1) is 11.8 Å². The van der Waals surface area contributed by atoms with Crippen molar-refractivity contribution in [3.8, 4) is 0 Å². The Hall–Kier alpha value is -3.33. The molecule has 2 amide bonds. The zero-order valence-electron chi connectivity index (χ0n) is 20.2. The Morgan fingerprint density at radius 1 is 1.06 bits per heavy atom. The van der Waals surface area contributed by atoms with Crippen LogP contribution < -0.4 is 5.32 Å². The summed E-state index contributed by atoms with van der Waals surface area (Å²) in [5, 5.41) is 3.46. The van der Waals surface area contributed by atoms with E-state index in [4.69, 9.17) is 4.74 Å². The van der Waals surface area contributed by atoms with E-state index < -0.39 is 5.97 Å². The van der Waals surface area contributed by atoms with Crippen molar-refractivity contribution in [1.82, 2.24) is 14.5 Å². The Morgan fingerprint density at radius 2 is 1.74 bits per heavy atom. The number of hydrogen-bond donors (Lipinski definition) is 1. The molecule has 0 aliphatic carbocycles. The lowest BCUT2D eigenvalue weighted by Gasteiger charge is -2.35. The number of nitrogens with zero attached hydrogens (tertiary/aromatic N) is 3. The average Bonchev–Trinajstić information content (AvgIpc) is 3.19. The minimum atomic E-state index is -0.430. The zero-order valence-corrected chi connectivity index (χ0v) is 21.0. The van der Waals surface area contributed by atoms with Gasteiger partial charge in [-0.25, -0.2) is 9.78 Å². The van der Waals surface area contributed by atoms with Crippen molar-refractivity contribution < 1.29 is 19.1 Å². The van der Waals surface area contributed by atoms with Gasteiger partial charge in [0.05, 0.1) is 29.5 Å². The van der Waals surface area contributed by atoms with E-state index in [0.717, 1.165) is 30.5 Å². The first kappa shape index (κ1) is 24.8. The Labute approximate surface area is 209 Å². The predicted molar refractivity (Wildman–Crippen MR) is 136 cm³/mol. The fourth-order valence-electron chi connectivity index (χ4n) is 4.55. The van der Waals surface area contributed by atoms with E-state index in [9.17, 15) is 14.4 Å². The highest BCUT2D eigenvalue weighted by atomic mass is 32.2. The number of likely N-dealkylation sites (tertiary alicyclic amines) is 1. The Morgan fingerprint density at radius 3 is 2.43 bits per heavy atom. The molecule has 0 radical (unpaired) electrons. The highest BCUT2D eigenvalue weighted by molar-refractivity contribution is 7.99. The molecule has 35 heavy (non-hydrogen) atoms. The number of piperidine rings is 1. The molecule has 184 valence electrons. The molecule has 0 saturated carbocycles. The van der Waals surface area contributed by atoms with E-state index in [0.29, 0.717) is 28.2 Å². The molecular formula is C26H30N4O4S. The second-order valence-corrected chi connectivity index (χ2v) is 10.1. The molecule has 2 atom stereocenters. The number of amides is 2. The van der Waals surface area contributed by atoms with E-state index in [1.165, 1.54) is 18.9 Å². The summed E-state index contributed by atoms with van der Waals surface area (Å²) in [6.45, 7) is 6.11.